The Hall–Kier alpha value is -4.36. The highest BCUT2D eigenvalue weighted by atomic mass is 79.9. The lowest BCUT2D eigenvalue weighted by atomic mass is 10.1. The molecule has 0 atom stereocenters. The average molecular weight is 544 g/mol. The van der Waals surface area contributed by atoms with E-state index in [0.717, 1.165) is 10.0 Å². The van der Waals surface area contributed by atoms with Crippen molar-refractivity contribution in [2.24, 2.45) is 0 Å². The van der Waals surface area contributed by atoms with Gasteiger partial charge in [-0.25, -0.2) is 4.79 Å². The molecule has 7 heteroatoms. The predicted octanol–water partition coefficient (Wildman–Crippen LogP) is 6.82. The van der Waals surface area contributed by atoms with E-state index in [0.29, 0.717) is 28.6 Å². The second-order valence-electron chi connectivity index (χ2n) is 7.75. The third-order valence-electron chi connectivity index (χ3n) is 5.03. The van der Waals surface area contributed by atoms with E-state index in [1.807, 2.05) is 54.6 Å². The average Bonchev–Trinajstić information content (AvgIpc) is 2.88. The number of carboxylic acids is 1. The minimum absolute atomic E-state index is 0.0228. The van der Waals surface area contributed by atoms with Gasteiger partial charge in [-0.3, -0.25) is 4.79 Å². The lowest BCUT2D eigenvalue weighted by Gasteiger charge is -2.09. The van der Waals surface area contributed by atoms with Crippen LogP contribution in [0, 0.1) is 0 Å². The number of ether oxygens (including phenoxy) is 2. The Morgan fingerprint density at radius 3 is 2.00 bits per heavy atom. The topological polar surface area (TPSA) is 84.9 Å². The van der Waals surface area contributed by atoms with Gasteiger partial charge in [-0.1, -0.05) is 54.6 Å². The minimum Gasteiger partial charge on any atom is -0.477 e. The van der Waals surface area contributed by atoms with Gasteiger partial charge in [0.2, 0.25) is 5.91 Å². The van der Waals surface area contributed by atoms with Crippen LogP contribution in [0.5, 0.6) is 23.0 Å². The van der Waals surface area contributed by atoms with Crippen molar-refractivity contribution < 1.29 is 24.2 Å². The van der Waals surface area contributed by atoms with Crippen molar-refractivity contribution >= 4 is 33.9 Å². The Labute approximate surface area is 216 Å². The molecule has 36 heavy (non-hydrogen) atoms. The smallest absolute Gasteiger partial charge is 0.352 e. The van der Waals surface area contributed by atoms with E-state index in [1.165, 1.54) is 6.08 Å². The Morgan fingerprint density at radius 1 is 0.750 bits per heavy atom. The third-order valence-corrected chi connectivity index (χ3v) is 5.68. The highest BCUT2D eigenvalue weighted by Crippen LogP contribution is 2.29. The molecule has 0 bridgehead atoms. The molecule has 1 amide bonds. The van der Waals surface area contributed by atoms with Crippen LogP contribution in [0.2, 0.25) is 0 Å². The second-order valence-corrected chi connectivity index (χ2v) is 8.60. The lowest BCUT2D eigenvalue weighted by molar-refractivity contribution is -0.134. The van der Waals surface area contributed by atoms with E-state index < -0.39 is 11.9 Å². The van der Waals surface area contributed by atoms with Gasteiger partial charge < -0.3 is 19.9 Å². The van der Waals surface area contributed by atoms with Crippen molar-refractivity contribution in [2.45, 2.75) is 6.42 Å². The maximum Gasteiger partial charge on any atom is 0.352 e. The van der Waals surface area contributed by atoms with Crippen molar-refractivity contribution in [3.05, 3.63) is 124 Å². The molecule has 0 saturated carbocycles. The van der Waals surface area contributed by atoms with E-state index >= 15 is 0 Å². The molecule has 4 aromatic carbocycles. The number of nitrogens with one attached hydrogen (secondary N) is 1. The summed E-state index contributed by atoms with van der Waals surface area (Å²) in [6.45, 7) is 0. The fraction of sp³-hybridized carbons (Fsp3) is 0.0345. The quantitative estimate of drug-likeness (QED) is 0.226. The van der Waals surface area contributed by atoms with Crippen molar-refractivity contribution in [3.63, 3.8) is 0 Å². The minimum atomic E-state index is -1.23. The molecular weight excluding hydrogens is 522 g/mol. The van der Waals surface area contributed by atoms with Gasteiger partial charge in [-0.05, 0) is 81.7 Å². The number of halogens is 1. The molecule has 0 spiro atoms. The summed E-state index contributed by atoms with van der Waals surface area (Å²) in [4.78, 5) is 24.2. The number of hydrogen-bond acceptors (Lipinski definition) is 4. The number of aliphatic carboxylic acids is 1. The fourth-order valence-corrected chi connectivity index (χ4v) is 3.65. The molecule has 4 aromatic rings. The molecular formula is C29H22BrNO5. The van der Waals surface area contributed by atoms with Crippen molar-refractivity contribution in [3.8, 4) is 23.0 Å². The SMILES string of the molecule is O=C(Cc1ccc(Oc2ccccc2)cc1)NC(=Cc1ccc(Oc2ccccc2Br)cc1)C(=O)O. The van der Waals surface area contributed by atoms with Gasteiger partial charge in [0, 0.05) is 0 Å². The Bertz CT molecular complexity index is 1370. The first kappa shape index (κ1) is 24.8. The number of hydrogen-bond donors (Lipinski definition) is 2. The van der Waals surface area contributed by atoms with E-state index in [1.54, 1.807) is 48.5 Å². The fourth-order valence-electron chi connectivity index (χ4n) is 3.28. The van der Waals surface area contributed by atoms with Gasteiger partial charge in [0.1, 0.15) is 28.7 Å². The van der Waals surface area contributed by atoms with Crippen LogP contribution in [-0.4, -0.2) is 17.0 Å². The zero-order chi connectivity index (χ0) is 25.3. The van der Waals surface area contributed by atoms with Crippen molar-refractivity contribution in [1.29, 1.82) is 0 Å². The van der Waals surface area contributed by atoms with Gasteiger partial charge in [0.15, 0.2) is 0 Å². The van der Waals surface area contributed by atoms with Crippen LogP contribution in [0.1, 0.15) is 11.1 Å². The largest absolute Gasteiger partial charge is 0.477 e. The van der Waals surface area contributed by atoms with E-state index in [2.05, 4.69) is 21.2 Å². The number of benzene rings is 4. The van der Waals surface area contributed by atoms with Crippen LogP contribution >= 0.6 is 15.9 Å². The maximum atomic E-state index is 12.5. The predicted molar refractivity (Wildman–Crippen MR) is 141 cm³/mol. The highest BCUT2D eigenvalue weighted by Gasteiger charge is 2.13. The van der Waals surface area contributed by atoms with Gasteiger partial charge in [-0.2, -0.15) is 0 Å². The lowest BCUT2D eigenvalue weighted by Crippen LogP contribution is -2.28. The standard InChI is InChI=1S/C29H22BrNO5/c30-25-8-4-5-9-27(25)36-24-16-10-20(11-17-24)18-26(29(33)34)31-28(32)19-21-12-14-23(15-13-21)35-22-6-2-1-3-7-22/h1-18H,19H2,(H,31,32)(H,33,34). The summed E-state index contributed by atoms with van der Waals surface area (Å²) in [5, 5.41) is 12.1. The van der Waals surface area contributed by atoms with Crippen LogP contribution in [0.4, 0.5) is 0 Å². The van der Waals surface area contributed by atoms with Gasteiger partial charge in [0.05, 0.1) is 10.9 Å². The monoisotopic (exact) mass is 543 g/mol. The Balaban J connectivity index is 1.37. The first-order chi connectivity index (χ1) is 17.5. The van der Waals surface area contributed by atoms with Gasteiger partial charge in [0.25, 0.3) is 0 Å². The van der Waals surface area contributed by atoms with Crippen LogP contribution in [0.15, 0.2) is 113 Å². The molecule has 0 saturated heterocycles. The summed E-state index contributed by atoms with van der Waals surface area (Å²) in [5.41, 5.74) is 1.12. The zero-order valence-corrected chi connectivity index (χ0v) is 20.6. The number of rotatable bonds is 9. The molecule has 0 aliphatic heterocycles. The summed E-state index contributed by atoms with van der Waals surface area (Å²) in [5.74, 6) is 0.951. The van der Waals surface area contributed by atoms with Crippen LogP contribution in [0.25, 0.3) is 6.08 Å². The molecule has 0 aliphatic carbocycles. The summed E-state index contributed by atoms with van der Waals surface area (Å²) < 4.78 is 12.4. The Kier molecular flexibility index (Phi) is 8.16. The highest BCUT2D eigenvalue weighted by molar-refractivity contribution is 9.10. The molecule has 6 nitrogen and oxygen atoms in total. The molecule has 0 unspecified atom stereocenters. The van der Waals surface area contributed by atoms with Crippen LogP contribution in [0.3, 0.4) is 0 Å². The first-order valence-electron chi connectivity index (χ1n) is 11.1. The maximum absolute atomic E-state index is 12.5. The molecule has 0 aromatic heterocycles. The number of carbonyl (C=O) groups is 2. The summed E-state index contributed by atoms with van der Waals surface area (Å²) in [6.07, 6.45) is 1.42. The second kappa shape index (κ2) is 11.9. The summed E-state index contributed by atoms with van der Waals surface area (Å²) >= 11 is 3.43. The molecule has 0 aliphatic rings. The number of carboxylic acid groups (broad SMARTS) is 1. The van der Waals surface area contributed by atoms with Crippen LogP contribution < -0.4 is 14.8 Å². The van der Waals surface area contributed by atoms with Crippen molar-refractivity contribution in [2.75, 3.05) is 0 Å². The molecule has 0 fully saturated rings. The molecule has 180 valence electrons. The van der Waals surface area contributed by atoms with Crippen LogP contribution in [-0.2, 0) is 16.0 Å². The normalized spacial score (nSPS) is 11.0. The van der Waals surface area contributed by atoms with Gasteiger partial charge in [-0.15, -0.1) is 0 Å². The van der Waals surface area contributed by atoms with E-state index in [-0.39, 0.29) is 12.1 Å². The number of carbonyl (C=O) groups excluding carboxylic acids is 1. The van der Waals surface area contributed by atoms with Gasteiger partial charge >= 0.3 is 5.97 Å². The Morgan fingerprint density at radius 2 is 1.33 bits per heavy atom. The third kappa shape index (κ3) is 7.07. The summed E-state index contributed by atoms with van der Waals surface area (Å²) in [6, 6.07) is 30.8. The first-order valence-corrected chi connectivity index (χ1v) is 11.8. The summed E-state index contributed by atoms with van der Waals surface area (Å²) in [7, 11) is 0. The molecule has 0 radical (unpaired) electrons. The molecule has 0 heterocycles. The van der Waals surface area contributed by atoms with Crippen molar-refractivity contribution in [1.82, 2.24) is 5.32 Å². The molecule has 2 N–H and O–H groups in total. The van der Waals surface area contributed by atoms with E-state index in [9.17, 15) is 14.7 Å². The zero-order valence-electron chi connectivity index (χ0n) is 19.1. The number of amides is 1. The number of para-hydroxylation sites is 2. The molecule has 4 rings (SSSR count). The van der Waals surface area contributed by atoms with E-state index in [4.69, 9.17) is 9.47 Å².